The minimum Gasteiger partial charge on any atom is -0.497 e. The molecule has 0 bridgehead atoms. The maximum atomic E-state index is 5.19. The summed E-state index contributed by atoms with van der Waals surface area (Å²) in [6.07, 6.45) is 4.01. The fourth-order valence-corrected chi connectivity index (χ4v) is 2.93. The summed E-state index contributed by atoms with van der Waals surface area (Å²) >= 11 is 0. The van der Waals surface area contributed by atoms with Gasteiger partial charge in [0.15, 0.2) is 0 Å². The highest BCUT2D eigenvalue weighted by Gasteiger charge is 2.26. The van der Waals surface area contributed by atoms with Crippen molar-refractivity contribution in [3.05, 3.63) is 24.3 Å². The molecule has 0 heterocycles. The van der Waals surface area contributed by atoms with Crippen LogP contribution in [-0.4, -0.2) is 33.8 Å². The maximum absolute atomic E-state index is 5.19. The van der Waals surface area contributed by atoms with E-state index in [0.29, 0.717) is 6.04 Å². The second-order valence-electron chi connectivity index (χ2n) is 5.16. The summed E-state index contributed by atoms with van der Waals surface area (Å²) < 4.78 is 5.19. The number of hydrogen-bond donors (Lipinski definition) is 1. The molecular formula is C15H24N2O. The molecule has 0 spiro atoms. The van der Waals surface area contributed by atoms with Gasteiger partial charge in [0.25, 0.3) is 0 Å². The summed E-state index contributed by atoms with van der Waals surface area (Å²) in [5.41, 5.74) is 1.26. The lowest BCUT2D eigenvalue weighted by Crippen LogP contribution is -2.36. The van der Waals surface area contributed by atoms with Crippen molar-refractivity contribution in [3.8, 4) is 5.75 Å². The summed E-state index contributed by atoms with van der Waals surface area (Å²) in [7, 11) is 5.96. The predicted octanol–water partition coefficient (Wildman–Crippen LogP) is 2.52. The second-order valence-corrected chi connectivity index (χ2v) is 5.16. The van der Waals surface area contributed by atoms with Crippen LogP contribution in [0.4, 0.5) is 5.69 Å². The van der Waals surface area contributed by atoms with E-state index in [4.69, 9.17) is 4.74 Å². The Balaban J connectivity index is 1.95. The Kier molecular flexibility index (Phi) is 4.48. The largest absolute Gasteiger partial charge is 0.497 e. The van der Waals surface area contributed by atoms with Crippen LogP contribution in [0.2, 0.25) is 0 Å². The van der Waals surface area contributed by atoms with Crippen LogP contribution in [0.5, 0.6) is 5.75 Å². The zero-order valence-corrected chi connectivity index (χ0v) is 11.6. The fraction of sp³-hybridized carbons (Fsp3) is 0.600. The van der Waals surface area contributed by atoms with E-state index in [1.54, 1.807) is 7.11 Å². The molecular weight excluding hydrogens is 224 g/mol. The van der Waals surface area contributed by atoms with Crippen molar-refractivity contribution in [2.24, 2.45) is 5.92 Å². The van der Waals surface area contributed by atoms with E-state index in [0.717, 1.165) is 18.2 Å². The van der Waals surface area contributed by atoms with Crippen molar-refractivity contribution in [3.63, 3.8) is 0 Å². The number of benzene rings is 1. The molecule has 1 saturated carbocycles. The van der Waals surface area contributed by atoms with E-state index in [1.165, 1.54) is 24.9 Å². The number of methoxy groups -OCH3 is 1. The molecule has 2 unspecified atom stereocenters. The number of rotatable bonds is 5. The van der Waals surface area contributed by atoms with Crippen molar-refractivity contribution < 1.29 is 4.74 Å². The van der Waals surface area contributed by atoms with E-state index in [-0.39, 0.29) is 0 Å². The highest BCUT2D eigenvalue weighted by Crippen LogP contribution is 2.28. The Hall–Kier alpha value is -1.22. The monoisotopic (exact) mass is 248 g/mol. The van der Waals surface area contributed by atoms with Gasteiger partial charge in [0.05, 0.1) is 7.11 Å². The first kappa shape index (κ1) is 13.2. The molecule has 18 heavy (non-hydrogen) atoms. The molecule has 3 nitrogen and oxygen atoms in total. The van der Waals surface area contributed by atoms with E-state index in [2.05, 4.69) is 36.4 Å². The van der Waals surface area contributed by atoms with Crippen LogP contribution in [-0.2, 0) is 0 Å². The predicted molar refractivity (Wildman–Crippen MR) is 76.5 cm³/mol. The van der Waals surface area contributed by atoms with Gasteiger partial charge in [-0.2, -0.15) is 0 Å². The van der Waals surface area contributed by atoms with Crippen LogP contribution in [0.1, 0.15) is 19.3 Å². The summed E-state index contributed by atoms with van der Waals surface area (Å²) in [5.74, 6) is 1.68. The van der Waals surface area contributed by atoms with Crippen molar-refractivity contribution >= 4 is 5.69 Å². The topological polar surface area (TPSA) is 24.5 Å². The van der Waals surface area contributed by atoms with Crippen LogP contribution < -0.4 is 15.0 Å². The number of ether oxygens (including phenoxy) is 1. The minimum absolute atomic E-state index is 0.686. The third-order valence-corrected chi connectivity index (χ3v) is 4.05. The molecule has 3 heteroatoms. The number of anilines is 1. The Labute approximate surface area is 110 Å². The average molecular weight is 248 g/mol. The summed E-state index contributed by atoms with van der Waals surface area (Å²) in [6.45, 7) is 1.12. The molecule has 1 aromatic rings. The maximum Gasteiger partial charge on any atom is 0.119 e. The molecule has 0 amide bonds. The van der Waals surface area contributed by atoms with Gasteiger partial charge in [-0.1, -0.05) is 6.42 Å². The van der Waals surface area contributed by atoms with Gasteiger partial charge in [-0.05, 0) is 50.1 Å². The highest BCUT2D eigenvalue weighted by molar-refractivity contribution is 5.48. The molecule has 2 atom stereocenters. The Bertz CT molecular complexity index is 363. The summed E-state index contributed by atoms with van der Waals surface area (Å²) in [6, 6.07) is 8.99. The standard InChI is InChI=1S/C15H24N2O/c1-16-15-6-4-5-12(15)11-17(2)13-7-9-14(18-3)10-8-13/h7-10,12,15-16H,4-6,11H2,1-3H3. The lowest BCUT2D eigenvalue weighted by atomic mass is 10.0. The SMILES string of the molecule is CNC1CCCC1CN(C)c1ccc(OC)cc1. The quantitative estimate of drug-likeness (QED) is 0.866. The van der Waals surface area contributed by atoms with Crippen molar-refractivity contribution in [1.82, 2.24) is 5.32 Å². The first-order chi connectivity index (χ1) is 8.74. The van der Waals surface area contributed by atoms with Gasteiger partial charge in [0.1, 0.15) is 5.75 Å². The van der Waals surface area contributed by atoms with Crippen molar-refractivity contribution in [2.75, 3.05) is 32.6 Å². The third-order valence-electron chi connectivity index (χ3n) is 4.05. The average Bonchev–Trinajstić information content (AvgIpc) is 2.86. The van der Waals surface area contributed by atoms with E-state index < -0.39 is 0 Å². The molecule has 1 N–H and O–H groups in total. The van der Waals surface area contributed by atoms with Gasteiger partial charge >= 0.3 is 0 Å². The van der Waals surface area contributed by atoms with Gasteiger partial charge in [-0.3, -0.25) is 0 Å². The molecule has 1 aliphatic carbocycles. The van der Waals surface area contributed by atoms with Gasteiger partial charge < -0.3 is 15.0 Å². The van der Waals surface area contributed by atoms with Crippen LogP contribution in [0, 0.1) is 5.92 Å². The smallest absolute Gasteiger partial charge is 0.119 e. The van der Waals surface area contributed by atoms with Gasteiger partial charge in [0.2, 0.25) is 0 Å². The van der Waals surface area contributed by atoms with Crippen LogP contribution in [0.25, 0.3) is 0 Å². The Morgan fingerprint density at radius 3 is 2.61 bits per heavy atom. The van der Waals surface area contributed by atoms with Crippen molar-refractivity contribution in [2.45, 2.75) is 25.3 Å². The lowest BCUT2D eigenvalue weighted by molar-refractivity contribution is 0.414. The van der Waals surface area contributed by atoms with E-state index in [1.807, 2.05) is 12.1 Å². The fourth-order valence-electron chi connectivity index (χ4n) is 2.93. The Morgan fingerprint density at radius 2 is 2.00 bits per heavy atom. The van der Waals surface area contributed by atoms with Gasteiger partial charge in [-0.25, -0.2) is 0 Å². The molecule has 0 saturated heterocycles. The number of nitrogens with zero attached hydrogens (tertiary/aromatic N) is 1. The third kappa shape index (κ3) is 2.96. The molecule has 100 valence electrons. The minimum atomic E-state index is 0.686. The zero-order valence-electron chi connectivity index (χ0n) is 11.6. The summed E-state index contributed by atoms with van der Waals surface area (Å²) in [5, 5.41) is 3.44. The number of nitrogens with one attached hydrogen (secondary N) is 1. The first-order valence-corrected chi connectivity index (χ1v) is 6.77. The Morgan fingerprint density at radius 1 is 1.28 bits per heavy atom. The van der Waals surface area contributed by atoms with E-state index >= 15 is 0 Å². The number of hydrogen-bond acceptors (Lipinski definition) is 3. The summed E-state index contributed by atoms with van der Waals surface area (Å²) in [4.78, 5) is 2.35. The normalized spacial score (nSPS) is 23.1. The molecule has 0 aliphatic heterocycles. The van der Waals surface area contributed by atoms with Crippen molar-refractivity contribution in [1.29, 1.82) is 0 Å². The van der Waals surface area contributed by atoms with Crippen LogP contribution in [0.15, 0.2) is 24.3 Å². The van der Waals surface area contributed by atoms with Gasteiger partial charge in [0, 0.05) is 25.3 Å². The molecule has 1 fully saturated rings. The lowest BCUT2D eigenvalue weighted by Gasteiger charge is -2.27. The zero-order chi connectivity index (χ0) is 13.0. The van der Waals surface area contributed by atoms with E-state index in [9.17, 15) is 0 Å². The molecule has 0 radical (unpaired) electrons. The highest BCUT2D eigenvalue weighted by atomic mass is 16.5. The van der Waals surface area contributed by atoms with Crippen LogP contribution in [0.3, 0.4) is 0 Å². The van der Waals surface area contributed by atoms with Crippen LogP contribution >= 0.6 is 0 Å². The molecule has 1 aromatic carbocycles. The molecule has 2 rings (SSSR count). The van der Waals surface area contributed by atoms with Gasteiger partial charge in [-0.15, -0.1) is 0 Å². The first-order valence-electron chi connectivity index (χ1n) is 6.77. The molecule has 0 aromatic heterocycles. The second kappa shape index (κ2) is 6.10. The molecule has 1 aliphatic rings.